The standard InChI is InChI=1S/C15H29N3O/c1-11(2)15(6,19)10-16-8-12-9-18(7)17-13(12)14(3,4)5/h9,11,16,19H,8,10H2,1-7H3. The van der Waals surface area contributed by atoms with Crippen LogP contribution in [0.15, 0.2) is 6.20 Å². The second-order valence-corrected chi connectivity index (χ2v) is 7.04. The Hall–Kier alpha value is -0.870. The molecule has 0 radical (unpaired) electrons. The summed E-state index contributed by atoms with van der Waals surface area (Å²) in [5, 5.41) is 18.1. The fourth-order valence-electron chi connectivity index (χ4n) is 1.95. The maximum absolute atomic E-state index is 10.2. The largest absolute Gasteiger partial charge is 0.389 e. The van der Waals surface area contributed by atoms with Crippen molar-refractivity contribution in [3.8, 4) is 0 Å². The highest BCUT2D eigenvalue weighted by molar-refractivity contribution is 5.23. The maximum atomic E-state index is 10.2. The molecule has 19 heavy (non-hydrogen) atoms. The molecular formula is C15H29N3O. The number of rotatable bonds is 5. The van der Waals surface area contributed by atoms with Crippen molar-refractivity contribution in [1.82, 2.24) is 15.1 Å². The van der Waals surface area contributed by atoms with E-state index in [-0.39, 0.29) is 11.3 Å². The molecule has 4 nitrogen and oxygen atoms in total. The van der Waals surface area contributed by atoms with Gasteiger partial charge in [-0.3, -0.25) is 4.68 Å². The van der Waals surface area contributed by atoms with E-state index in [0.717, 1.165) is 12.2 Å². The number of hydrogen-bond acceptors (Lipinski definition) is 3. The minimum absolute atomic E-state index is 0.0405. The van der Waals surface area contributed by atoms with E-state index in [0.29, 0.717) is 6.54 Å². The normalized spacial score (nSPS) is 15.8. The molecule has 0 saturated carbocycles. The molecule has 0 aliphatic rings. The van der Waals surface area contributed by atoms with E-state index in [1.807, 2.05) is 32.5 Å². The highest BCUT2D eigenvalue weighted by Gasteiger charge is 2.25. The van der Waals surface area contributed by atoms with E-state index in [9.17, 15) is 5.11 Å². The van der Waals surface area contributed by atoms with Gasteiger partial charge in [0, 0.05) is 37.3 Å². The van der Waals surface area contributed by atoms with Gasteiger partial charge < -0.3 is 10.4 Å². The molecule has 0 aliphatic heterocycles. The summed E-state index contributed by atoms with van der Waals surface area (Å²) in [6.07, 6.45) is 2.05. The number of nitrogens with one attached hydrogen (secondary N) is 1. The first-order chi connectivity index (χ1) is 8.54. The molecule has 1 aromatic heterocycles. The van der Waals surface area contributed by atoms with E-state index in [4.69, 9.17) is 0 Å². The SMILES string of the molecule is CC(C)C(C)(O)CNCc1cn(C)nc1C(C)(C)C. The molecule has 0 fully saturated rings. The molecular weight excluding hydrogens is 238 g/mol. The van der Waals surface area contributed by atoms with Crippen LogP contribution in [0.3, 0.4) is 0 Å². The van der Waals surface area contributed by atoms with Crippen LogP contribution in [0.1, 0.15) is 52.8 Å². The van der Waals surface area contributed by atoms with Crippen molar-refractivity contribution in [2.75, 3.05) is 6.54 Å². The van der Waals surface area contributed by atoms with Crippen LogP contribution in [0, 0.1) is 5.92 Å². The summed E-state index contributed by atoms with van der Waals surface area (Å²) in [6, 6.07) is 0. The first-order valence-electron chi connectivity index (χ1n) is 7.00. The molecule has 0 amide bonds. The van der Waals surface area contributed by atoms with Gasteiger partial charge in [-0.05, 0) is 12.8 Å². The zero-order valence-corrected chi connectivity index (χ0v) is 13.4. The summed E-state index contributed by atoms with van der Waals surface area (Å²) in [5.41, 5.74) is 1.68. The Morgan fingerprint density at radius 2 is 1.89 bits per heavy atom. The van der Waals surface area contributed by atoms with Crippen LogP contribution in [0.25, 0.3) is 0 Å². The predicted octanol–water partition coefficient (Wildman–Crippen LogP) is 2.21. The number of nitrogens with zero attached hydrogens (tertiary/aromatic N) is 2. The van der Waals surface area contributed by atoms with E-state index >= 15 is 0 Å². The molecule has 1 atom stereocenters. The van der Waals surface area contributed by atoms with Crippen LogP contribution in [-0.4, -0.2) is 27.0 Å². The summed E-state index contributed by atoms with van der Waals surface area (Å²) in [6.45, 7) is 13.8. The van der Waals surface area contributed by atoms with Gasteiger partial charge in [0.2, 0.25) is 0 Å². The van der Waals surface area contributed by atoms with Gasteiger partial charge in [-0.25, -0.2) is 0 Å². The Labute approximate surface area is 117 Å². The molecule has 2 N–H and O–H groups in total. The summed E-state index contributed by atoms with van der Waals surface area (Å²) in [7, 11) is 1.95. The van der Waals surface area contributed by atoms with Gasteiger partial charge in [0.05, 0.1) is 11.3 Å². The lowest BCUT2D eigenvalue weighted by atomic mass is 9.89. The molecule has 4 heteroatoms. The van der Waals surface area contributed by atoms with Crippen molar-refractivity contribution in [2.24, 2.45) is 13.0 Å². The lowest BCUT2D eigenvalue weighted by Gasteiger charge is -2.28. The van der Waals surface area contributed by atoms with Gasteiger partial charge in [-0.2, -0.15) is 5.10 Å². The van der Waals surface area contributed by atoms with Crippen LogP contribution >= 0.6 is 0 Å². The van der Waals surface area contributed by atoms with Gasteiger partial charge in [-0.1, -0.05) is 34.6 Å². The molecule has 1 aromatic rings. The molecule has 1 unspecified atom stereocenters. The molecule has 0 saturated heterocycles. The zero-order chi connectivity index (χ0) is 14.8. The average molecular weight is 267 g/mol. The second-order valence-electron chi connectivity index (χ2n) is 7.04. The van der Waals surface area contributed by atoms with Gasteiger partial charge in [0.25, 0.3) is 0 Å². The second kappa shape index (κ2) is 5.63. The Morgan fingerprint density at radius 3 is 2.37 bits per heavy atom. The minimum Gasteiger partial charge on any atom is -0.389 e. The van der Waals surface area contributed by atoms with Gasteiger partial charge in [0.15, 0.2) is 0 Å². The highest BCUT2D eigenvalue weighted by atomic mass is 16.3. The summed E-state index contributed by atoms with van der Waals surface area (Å²) in [4.78, 5) is 0. The Balaban J connectivity index is 2.69. The number of aliphatic hydroxyl groups is 1. The third-order valence-electron chi connectivity index (χ3n) is 3.66. The molecule has 0 aliphatic carbocycles. The Bertz CT molecular complexity index is 414. The quantitative estimate of drug-likeness (QED) is 0.860. The van der Waals surface area contributed by atoms with Crippen molar-refractivity contribution in [2.45, 2.75) is 59.1 Å². The molecule has 0 spiro atoms. The molecule has 1 heterocycles. The predicted molar refractivity (Wildman–Crippen MR) is 79.1 cm³/mol. The van der Waals surface area contributed by atoms with Crippen molar-refractivity contribution in [3.05, 3.63) is 17.5 Å². The van der Waals surface area contributed by atoms with E-state index < -0.39 is 5.60 Å². The van der Waals surface area contributed by atoms with Crippen molar-refractivity contribution >= 4 is 0 Å². The topological polar surface area (TPSA) is 50.1 Å². The summed E-state index contributed by atoms with van der Waals surface area (Å²) >= 11 is 0. The van der Waals surface area contributed by atoms with Gasteiger partial charge in [0.1, 0.15) is 0 Å². The third kappa shape index (κ3) is 4.32. The van der Waals surface area contributed by atoms with Crippen molar-refractivity contribution in [3.63, 3.8) is 0 Å². The van der Waals surface area contributed by atoms with E-state index in [1.165, 1.54) is 5.56 Å². The smallest absolute Gasteiger partial charge is 0.0766 e. The van der Waals surface area contributed by atoms with Crippen LogP contribution in [-0.2, 0) is 19.0 Å². The highest BCUT2D eigenvalue weighted by Crippen LogP contribution is 2.24. The zero-order valence-electron chi connectivity index (χ0n) is 13.4. The van der Waals surface area contributed by atoms with E-state index in [2.05, 4.69) is 37.4 Å². The lowest BCUT2D eigenvalue weighted by Crippen LogP contribution is -2.42. The monoisotopic (exact) mass is 267 g/mol. The third-order valence-corrected chi connectivity index (χ3v) is 3.66. The lowest BCUT2D eigenvalue weighted by molar-refractivity contribution is 0.0139. The molecule has 110 valence electrons. The van der Waals surface area contributed by atoms with Crippen LogP contribution < -0.4 is 5.32 Å². The number of aromatic nitrogens is 2. The first-order valence-corrected chi connectivity index (χ1v) is 7.00. The number of aryl methyl sites for hydroxylation is 1. The van der Waals surface area contributed by atoms with Gasteiger partial charge >= 0.3 is 0 Å². The fraction of sp³-hybridized carbons (Fsp3) is 0.800. The summed E-state index contributed by atoms with van der Waals surface area (Å²) < 4.78 is 1.86. The molecule has 1 rings (SSSR count). The Morgan fingerprint density at radius 1 is 1.32 bits per heavy atom. The van der Waals surface area contributed by atoms with Crippen molar-refractivity contribution in [1.29, 1.82) is 0 Å². The molecule has 0 aromatic carbocycles. The van der Waals surface area contributed by atoms with Crippen LogP contribution in [0.5, 0.6) is 0 Å². The molecule has 0 bridgehead atoms. The van der Waals surface area contributed by atoms with Crippen LogP contribution in [0.4, 0.5) is 0 Å². The average Bonchev–Trinajstić information content (AvgIpc) is 2.58. The Kier molecular flexibility index (Phi) is 4.80. The van der Waals surface area contributed by atoms with Crippen LogP contribution in [0.2, 0.25) is 0 Å². The van der Waals surface area contributed by atoms with Gasteiger partial charge in [-0.15, -0.1) is 0 Å². The summed E-state index contributed by atoms with van der Waals surface area (Å²) in [5.74, 6) is 0.232. The fourth-order valence-corrected chi connectivity index (χ4v) is 1.95. The first kappa shape index (κ1) is 16.2. The minimum atomic E-state index is -0.676. The van der Waals surface area contributed by atoms with E-state index in [1.54, 1.807) is 0 Å². The van der Waals surface area contributed by atoms with Crippen molar-refractivity contribution < 1.29 is 5.11 Å². The maximum Gasteiger partial charge on any atom is 0.0766 e. The number of hydrogen-bond donors (Lipinski definition) is 2.